The van der Waals surface area contributed by atoms with Crippen molar-refractivity contribution in [3.63, 3.8) is 0 Å². The molecule has 0 heterocycles. The fourth-order valence-corrected chi connectivity index (χ4v) is 3.74. The number of benzene rings is 3. The van der Waals surface area contributed by atoms with Gasteiger partial charge in [-0.2, -0.15) is 0 Å². The minimum absolute atomic E-state index is 0.0797. The van der Waals surface area contributed by atoms with Gasteiger partial charge in [0.05, 0.1) is 6.04 Å². The van der Waals surface area contributed by atoms with Crippen LogP contribution in [0.15, 0.2) is 72.8 Å². The van der Waals surface area contributed by atoms with Gasteiger partial charge in [0, 0.05) is 44.0 Å². The molecule has 0 aliphatic rings. The van der Waals surface area contributed by atoms with Crippen LogP contribution in [-0.4, -0.2) is 30.8 Å². The number of rotatable bonds is 8. The Hall–Kier alpha value is -3.67. The first kappa shape index (κ1) is 24.0. The fourth-order valence-electron chi connectivity index (χ4n) is 3.74. The molecule has 3 rings (SSSR count). The molecule has 2 amide bonds. The minimum Gasteiger partial charge on any atom is -0.377 e. The lowest BCUT2D eigenvalue weighted by molar-refractivity contribution is -0.115. The van der Waals surface area contributed by atoms with Crippen LogP contribution in [0.25, 0.3) is 0 Å². The maximum absolute atomic E-state index is 13.9. The SMILES string of the molecule is CCC(=O)Nc1ccc(N(C)C)c(CN(C(=O)c2cccc(F)c2)[C@H](C)c2ccccc2)c1. The summed E-state index contributed by atoms with van der Waals surface area (Å²) in [7, 11) is 3.87. The third kappa shape index (κ3) is 5.98. The third-order valence-electron chi connectivity index (χ3n) is 5.59. The summed E-state index contributed by atoms with van der Waals surface area (Å²) < 4.78 is 13.9. The van der Waals surface area contributed by atoms with Gasteiger partial charge in [-0.15, -0.1) is 0 Å². The number of anilines is 2. The van der Waals surface area contributed by atoms with Gasteiger partial charge in [0.2, 0.25) is 5.91 Å². The van der Waals surface area contributed by atoms with Crippen molar-refractivity contribution in [1.29, 1.82) is 0 Å². The van der Waals surface area contributed by atoms with Crippen molar-refractivity contribution in [2.24, 2.45) is 0 Å². The summed E-state index contributed by atoms with van der Waals surface area (Å²) in [4.78, 5) is 29.2. The number of carbonyl (C=O) groups is 2. The van der Waals surface area contributed by atoms with E-state index in [2.05, 4.69) is 5.32 Å². The summed E-state index contributed by atoms with van der Waals surface area (Å²) in [5.74, 6) is -0.797. The van der Waals surface area contributed by atoms with Gasteiger partial charge in [-0.1, -0.05) is 43.3 Å². The number of nitrogens with zero attached hydrogens (tertiary/aromatic N) is 2. The van der Waals surface area contributed by atoms with Gasteiger partial charge in [0.15, 0.2) is 0 Å². The van der Waals surface area contributed by atoms with Gasteiger partial charge in [0.25, 0.3) is 5.91 Å². The molecule has 6 heteroatoms. The van der Waals surface area contributed by atoms with Gasteiger partial charge in [-0.25, -0.2) is 4.39 Å². The highest BCUT2D eigenvalue weighted by atomic mass is 19.1. The highest BCUT2D eigenvalue weighted by molar-refractivity contribution is 5.95. The van der Waals surface area contributed by atoms with Crippen molar-refractivity contribution in [2.75, 3.05) is 24.3 Å². The summed E-state index contributed by atoms with van der Waals surface area (Å²) in [6.45, 7) is 4.05. The Balaban J connectivity index is 2.04. The molecule has 5 nitrogen and oxygen atoms in total. The summed E-state index contributed by atoms with van der Waals surface area (Å²) in [5.41, 5.74) is 3.75. The summed E-state index contributed by atoms with van der Waals surface area (Å²) in [5, 5.41) is 2.89. The van der Waals surface area contributed by atoms with Crippen molar-refractivity contribution in [2.45, 2.75) is 32.9 Å². The number of hydrogen-bond acceptors (Lipinski definition) is 3. The lowest BCUT2D eigenvalue weighted by Gasteiger charge is -2.31. The van der Waals surface area contributed by atoms with Crippen LogP contribution in [0.1, 0.15) is 47.8 Å². The van der Waals surface area contributed by atoms with Gasteiger partial charge < -0.3 is 15.1 Å². The maximum Gasteiger partial charge on any atom is 0.254 e. The van der Waals surface area contributed by atoms with Crippen molar-refractivity contribution in [3.05, 3.63) is 95.3 Å². The van der Waals surface area contributed by atoms with E-state index < -0.39 is 5.82 Å². The van der Waals surface area contributed by atoms with Crippen molar-refractivity contribution < 1.29 is 14.0 Å². The zero-order chi connectivity index (χ0) is 24.0. The molecule has 0 saturated carbocycles. The van der Waals surface area contributed by atoms with Crippen molar-refractivity contribution >= 4 is 23.2 Å². The molecule has 0 spiro atoms. The number of nitrogens with one attached hydrogen (secondary N) is 1. The quantitative estimate of drug-likeness (QED) is 0.486. The average molecular weight is 448 g/mol. The summed E-state index contributed by atoms with van der Waals surface area (Å²) in [6, 6.07) is 20.9. The zero-order valence-electron chi connectivity index (χ0n) is 19.5. The Bertz CT molecular complexity index is 1120. The monoisotopic (exact) mass is 447 g/mol. The summed E-state index contributed by atoms with van der Waals surface area (Å²) in [6.07, 6.45) is 0.375. The Labute approximate surface area is 194 Å². The molecule has 0 saturated heterocycles. The Kier molecular flexibility index (Phi) is 7.83. The second-order valence-electron chi connectivity index (χ2n) is 8.17. The molecule has 0 bridgehead atoms. The van der Waals surface area contributed by atoms with E-state index in [0.717, 1.165) is 16.8 Å². The van der Waals surface area contributed by atoms with Gasteiger partial charge in [-0.3, -0.25) is 9.59 Å². The van der Waals surface area contributed by atoms with E-state index in [1.807, 2.05) is 74.4 Å². The van der Waals surface area contributed by atoms with Crippen LogP contribution < -0.4 is 10.2 Å². The lowest BCUT2D eigenvalue weighted by Crippen LogP contribution is -2.34. The highest BCUT2D eigenvalue weighted by Crippen LogP contribution is 2.30. The molecule has 1 N–H and O–H groups in total. The normalized spacial score (nSPS) is 11.5. The van der Waals surface area contributed by atoms with Gasteiger partial charge >= 0.3 is 0 Å². The third-order valence-corrected chi connectivity index (χ3v) is 5.59. The Morgan fingerprint density at radius 2 is 1.70 bits per heavy atom. The zero-order valence-corrected chi connectivity index (χ0v) is 19.5. The number of amides is 2. The Morgan fingerprint density at radius 1 is 0.970 bits per heavy atom. The predicted molar refractivity (Wildman–Crippen MR) is 131 cm³/mol. The molecular formula is C27H30FN3O2. The molecule has 0 aliphatic carbocycles. The summed E-state index contributed by atoms with van der Waals surface area (Å²) >= 11 is 0. The number of halogens is 1. The van der Waals surface area contributed by atoms with Crippen LogP contribution in [0.4, 0.5) is 15.8 Å². The molecule has 0 fully saturated rings. The van der Waals surface area contributed by atoms with Crippen LogP contribution in [0.3, 0.4) is 0 Å². The topological polar surface area (TPSA) is 52.7 Å². The smallest absolute Gasteiger partial charge is 0.254 e. The van der Waals surface area contributed by atoms with E-state index in [4.69, 9.17) is 0 Å². The molecule has 0 unspecified atom stereocenters. The molecule has 0 radical (unpaired) electrons. The van der Waals surface area contributed by atoms with E-state index >= 15 is 0 Å². The largest absolute Gasteiger partial charge is 0.377 e. The second kappa shape index (κ2) is 10.8. The van der Waals surface area contributed by atoms with E-state index in [9.17, 15) is 14.0 Å². The predicted octanol–water partition coefficient (Wildman–Crippen LogP) is 5.64. The molecule has 0 aliphatic heterocycles. The average Bonchev–Trinajstić information content (AvgIpc) is 2.82. The molecular weight excluding hydrogens is 417 g/mol. The maximum atomic E-state index is 13.9. The molecule has 172 valence electrons. The van der Waals surface area contributed by atoms with Crippen molar-refractivity contribution in [1.82, 2.24) is 4.90 Å². The minimum atomic E-state index is -0.452. The van der Waals surface area contributed by atoms with Crippen LogP contribution in [0.5, 0.6) is 0 Å². The lowest BCUT2D eigenvalue weighted by atomic mass is 10.0. The van der Waals surface area contributed by atoms with Crippen LogP contribution >= 0.6 is 0 Å². The molecule has 0 aromatic heterocycles. The van der Waals surface area contributed by atoms with Crippen molar-refractivity contribution in [3.8, 4) is 0 Å². The molecule has 33 heavy (non-hydrogen) atoms. The standard InChI is InChI=1S/C27H30FN3O2/c1-5-26(32)29-24-14-15-25(30(3)4)22(17-24)18-31(19(2)20-10-7-6-8-11-20)27(33)21-12-9-13-23(28)16-21/h6-17,19H,5,18H2,1-4H3,(H,29,32)/t19-/m1/s1. The molecule has 3 aromatic carbocycles. The first-order valence-electron chi connectivity index (χ1n) is 11.0. The molecule has 3 aromatic rings. The molecule has 1 atom stereocenters. The number of carbonyl (C=O) groups excluding carboxylic acids is 2. The van der Waals surface area contributed by atoms with E-state index in [-0.39, 0.29) is 24.4 Å². The highest BCUT2D eigenvalue weighted by Gasteiger charge is 2.25. The van der Waals surface area contributed by atoms with Crippen LogP contribution in [0, 0.1) is 5.82 Å². The Morgan fingerprint density at radius 3 is 2.33 bits per heavy atom. The van der Waals surface area contributed by atoms with E-state index in [0.29, 0.717) is 17.7 Å². The second-order valence-corrected chi connectivity index (χ2v) is 8.17. The van der Waals surface area contributed by atoms with Crippen LogP contribution in [-0.2, 0) is 11.3 Å². The first-order valence-corrected chi connectivity index (χ1v) is 11.0. The van der Waals surface area contributed by atoms with Crippen LogP contribution in [0.2, 0.25) is 0 Å². The number of hydrogen-bond donors (Lipinski definition) is 1. The van der Waals surface area contributed by atoms with E-state index in [1.165, 1.54) is 12.1 Å². The first-order chi connectivity index (χ1) is 15.8. The van der Waals surface area contributed by atoms with E-state index in [1.54, 1.807) is 24.0 Å². The fraction of sp³-hybridized carbons (Fsp3) is 0.259. The van der Waals surface area contributed by atoms with Gasteiger partial charge in [-0.05, 0) is 54.4 Å². The van der Waals surface area contributed by atoms with Gasteiger partial charge in [0.1, 0.15) is 5.82 Å².